The van der Waals surface area contributed by atoms with Gasteiger partial charge >= 0.3 is 5.69 Å². The summed E-state index contributed by atoms with van der Waals surface area (Å²) in [7, 11) is 5.01. The molecule has 0 N–H and O–H groups in total. The molecule has 0 aliphatic rings. The standard InChI is InChI=1S/C27H32F3N3O3/c1-16(2)13-18(31(4)5)14-33-26(34)24(19-9-7-12-23(36-6)25(19)30)17(3)32(27(33)35)15-20-21(28)10-8-11-22(20)29/h7-12,16,18H,13-15H2,1-6H3/t18-/m1/s1. The molecule has 6 nitrogen and oxygen atoms in total. The molecule has 3 rings (SSSR count). The number of methoxy groups -OCH3 is 1. The highest BCUT2D eigenvalue weighted by Gasteiger charge is 2.25. The fourth-order valence-electron chi connectivity index (χ4n) is 4.36. The summed E-state index contributed by atoms with van der Waals surface area (Å²) >= 11 is 0. The number of nitrogens with zero attached hydrogens (tertiary/aromatic N) is 3. The van der Waals surface area contributed by atoms with E-state index in [-0.39, 0.29) is 46.6 Å². The first-order valence-electron chi connectivity index (χ1n) is 11.7. The fourth-order valence-corrected chi connectivity index (χ4v) is 4.36. The maximum atomic E-state index is 15.3. The van der Waals surface area contributed by atoms with Crippen molar-refractivity contribution in [1.82, 2.24) is 14.0 Å². The zero-order chi connectivity index (χ0) is 26.7. The minimum atomic E-state index is -0.820. The van der Waals surface area contributed by atoms with Gasteiger partial charge in [-0.2, -0.15) is 0 Å². The second kappa shape index (κ2) is 11.2. The number of aromatic nitrogens is 2. The first kappa shape index (κ1) is 27.3. The first-order chi connectivity index (χ1) is 17.0. The van der Waals surface area contributed by atoms with Crippen LogP contribution in [0.1, 0.15) is 31.5 Å². The van der Waals surface area contributed by atoms with Gasteiger partial charge in [0.05, 0.1) is 19.2 Å². The quantitative estimate of drug-likeness (QED) is 0.434. The van der Waals surface area contributed by atoms with Crippen molar-refractivity contribution in [3.63, 3.8) is 0 Å². The molecule has 0 fully saturated rings. The van der Waals surface area contributed by atoms with Gasteiger partial charge in [-0.15, -0.1) is 0 Å². The number of hydrogen-bond donors (Lipinski definition) is 0. The Labute approximate surface area is 208 Å². The summed E-state index contributed by atoms with van der Waals surface area (Å²) in [6.07, 6.45) is 0.692. The van der Waals surface area contributed by atoms with E-state index < -0.39 is 35.2 Å². The minimum absolute atomic E-state index is 0.0292. The van der Waals surface area contributed by atoms with Crippen LogP contribution in [0.25, 0.3) is 11.1 Å². The molecule has 0 aliphatic carbocycles. The first-order valence-corrected chi connectivity index (χ1v) is 11.7. The second-order valence-electron chi connectivity index (χ2n) is 9.51. The summed E-state index contributed by atoms with van der Waals surface area (Å²) in [4.78, 5) is 29.3. The van der Waals surface area contributed by atoms with Crippen molar-refractivity contribution in [3.8, 4) is 16.9 Å². The van der Waals surface area contributed by atoms with Crippen molar-refractivity contribution in [2.45, 2.75) is 46.3 Å². The van der Waals surface area contributed by atoms with Crippen LogP contribution in [0.15, 0.2) is 46.0 Å². The summed E-state index contributed by atoms with van der Waals surface area (Å²) in [6.45, 7) is 5.10. The lowest BCUT2D eigenvalue weighted by Crippen LogP contribution is -2.47. The normalized spacial score (nSPS) is 12.4. The number of hydrogen-bond acceptors (Lipinski definition) is 4. The molecule has 0 saturated carbocycles. The second-order valence-corrected chi connectivity index (χ2v) is 9.51. The van der Waals surface area contributed by atoms with Gasteiger partial charge in [0.25, 0.3) is 5.56 Å². The smallest absolute Gasteiger partial charge is 0.331 e. The summed E-state index contributed by atoms with van der Waals surface area (Å²) in [5, 5.41) is 0. The molecule has 0 spiro atoms. The Morgan fingerprint density at radius 1 is 0.972 bits per heavy atom. The average molecular weight is 504 g/mol. The summed E-state index contributed by atoms with van der Waals surface area (Å²) in [5.74, 6) is -2.19. The topological polar surface area (TPSA) is 56.5 Å². The number of benzene rings is 2. The lowest BCUT2D eigenvalue weighted by molar-refractivity contribution is 0.224. The molecule has 194 valence electrons. The summed E-state index contributed by atoms with van der Waals surface area (Å²) in [5.41, 5.74) is -1.74. The maximum Gasteiger partial charge on any atom is 0.331 e. The van der Waals surface area contributed by atoms with Crippen LogP contribution in [0.2, 0.25) is 0 Å². The van der Waals surface area contributed by atoms with Gasteiger partial charge in [-0.1, -0.05) is 32.0 Å². The molecule has 0 amide bonds. The van der Waals surface area contributed by atoms with Crippen LogP contribution in [0.3, 0.4) is 0 Å². The Balaban J connectivity index is 2.34. The van der Waals surface area contributed by atoms with Gasteiger partial charge in [0.15, 0.2) is 11.6 Å². The average Bonchev–Trinajstić information content (AvgIpc) is 2.81. The van der Waals surface area contributed by atoms with Crippen LogP contribution in [-0.2, 0) is 13.1 Å². The van der Waals surface area contributed by atoms with E-state index in [1.54, 1.807) is 0 Å². The third kappa shape index (κ3) is 5.41. The number of rotatable bonds is 9. The van der Waals surface area contributed by atoms with E-state index in [1.807, 2.05) is 32.8 Å². The van der Waals surface area contributed by atoms with E-state index in [2.05, 4.69) is 0 Å². The van der Waals surface area contributed by atoms with Crippen molar-refractivity contribution in [2.75, 3.05) is 21.2 Å². The molecule has 3 aromatic rings. The van der Waals surface area contributed by atoms with E-state index in [0.717, 1.165) is 21.3 Å². The predicted molar refractivity (Wildman–Crippen MR) is 134 cm³/mol. The van der Waals surface area contributed by atoms with Gasteiger partial charge < -0.3 is 9.64 Å². The zero-order valence-electron chi connectivity index (χ0n) is 21.4. The Hall–Kier alpha value is -3.33. The third-order valence-electron chi connectivity index (χ3n) is 6.39. The van der Waals surface area contributed by atoms with Crippen molar-refractivity contribution < 1.29 is 17.9 Å². The lowest BCUT2D eigenvalue weighted by Gasteiger charge is -2.27. The third-order valence-corrected chi connectivity index (χ3v) is 6.39. The Bertz CT molecular complexity index is 1340. The van der Waals surface area contributed by atoms with Crippen molar-refractivity contribution >= 4 is 0 Å². The van der Waals surface area contributed by atoms with Crippen molar-refractivity contribution in [2.24, 2.45) is 5.92 Å². The summed E-state index contributed by atoms with van der Waals surface area (Å²) < 4.78 is 51.6. The highest BCUT2D eigenvalue weighted by molar-refractivity contribution is 5.67. The molecule has 0 aliphatic heterocycles. The number of likely N-dealkylation sites (N-methyl/N-ethyl adjacent to an activating group) is 1. The van der Waals surface area contributed by atoms with Crippen LogP contribution in [-0.4, -0.2) is 41.3 Å². The van der Waals surface area contributed by atoms with E-state index >= 15 is 4.39 Å². The molecule has 0 saturated heterocycles. The minimum Gasteiger partial charge on any atom is -0.494 e. The van der Waals surface area contributed by atoms with Crippen LogP contribution in [0.4, 0.5) is 13.2 Å². The molecule has 2 aromatic carbocycles. The van der Waals surface area contributed by atoms with Crippen LogP contribution < -0.4 is 16.0 Å². The molecule has 9 heteroatoms. The van der Waals surface area contributed by atoms with Gasteiger partial charge in [-0.3, -0.25) is 13.9 Å². The molecule has 0 radical (unpaired) electrons. The number of ether oxygens (including phenoxy) is 1. The van der Waals surface area contributed by atoms with Crippen LogP contribution in [0, 0.1) is 30.3 Å². The fraction of sp³-hybridized carbons (Fsp3) is 0.407. The van der Waals surface area contributed by atoms with Crippen molar-refractivity contribution in [3.05, 3.63) is 85.9 Å². The molecule has 0 bridgehead atoms. The van der Waals surface area contributed by atoms with E-state index in [1.165, 1.54) is 38.3 Å². The summed E-state index contributed by atoms with van der Waals surface area (Å²) in [6, 6.07) is 7.62. The van der Waals surface area contributed by atoms with E-state index in [4.69, 9.17) is 4.74 Å². The monoisotopic (exact) mass is 503 g/mol. The maximum absolute atomic E-state index is 15.3. The molecule has 1 heterocycles. The van der Waals surface area contributed by atoms with Gasteiger partial charge in [-0.05, 0) is 51.6 Å². The zero-order valence-corrected chi connectivity index (χ0v) is 21.4. The molecular formula is C27H32F3N3O3. The largest absolute Gasteiger partial charge is 0.494 e. The van der Waals surface area contributed by atoms with Gasteiger partial charge in [0, 0.05) is 29.4 Å². The van der Waals surface area contributed by atoms with Crippen molar-refractivity contribution in [1.29, 1.82) is 0 Å². The Kier molecular flexibility index (Phi) is 8.45. The van der Waals surface area contributed by atoms with Crippen LogP contribution in [0.5, 0.6) is 5.75 Å². The van der Waals surface area contributed by atoms with E-state index in [9.17, 15) is 18.4 Å². The molecule has 0 unspecified atom stereocenters. The highest BCUT2D eigenvalue weighted by Crippen LogP contribution is 2.29. The van der Waals surface area contributed by atoms with Gasteiger partial charge in [-0.25, -0.2) is 18.0 Å². The molecule has 1 atom stereocenters. The molecular weight excluding hydrogens is 471 g/mol. The lowest BCUT2D eigenvalue weighted by atomic mass is 10.0. The SMILES string of the molecule is COc1cccc(-c2c(C)n(Cc3c(F)cccc3F)c(=O)n(C[C@@H](CC(C)C)N(C)C)c2=O)c1F. The highest BCUT2D eigenvalue weighted by atomic mass is 19.1. The van der Waals surface area contributed by atoms with Crippen LogP contribution >= 0.6 is 0 Å². The van der Waals surface area contributed by atoms with E-state index in [0.29, 0.717) is 6.42 Å². The molecule has 1 aromatic heterocycles. The number of halogens is 3. The van der Waals surface area contributed by atoms with Gasteiger partial charge in [0.1, 0.15) is 11.6 Å². The Morgan fingerprint density at radius 2 is 1.58 bits per heavy atom. The molecule has 36 heavy (non-hydrogen) atoms. The predicted octanol–water partition coefficient (Wildman–Crippen LogP) is 4.44. The Morgan fingerprint density at radius 3 is 2.14 bits per heavy atom. The van der Waals surface area contributed by atoms with Gasteiger partial charge in [0.2, 0.25) is 0 Å².